The van der Waals surface area contributed by atoms with Gasteiger partial charge in [0.1, 0.15) is 11.3 Å². The van der Waals surface area contributed by atoms with Gasteiger partial charge in [0.2, 0.25) is 5.91 Å². The van der Waals surface area contributed by atoms with Crippen LogP contribution in [0.15, 0.2) is 42.6 Å². The molecule has 0 spiro atoms. The first-order chi connectivity index (χ1) is 14.2. The third-order valence-corrected chi connectivity index (χ3v) is 4.61. The number of halogens is 3. The van der Waals surface area contributed by atoms with E-state index < -0.39 is 17.6 Å². The van der Waals surface area contributed by atoms with Crippen molar-refractivity contribution < 1.29 is 22.8 Å². The molecule has 0 atom stereocenters. The van der Waals surface area contributed by atoms with Gasteiger partial charge in [0.25, 0.3) is 5.91 Å². The molecule has 0 unspecified atom stereocenters. The molecule has 2 heterocycles. The zero-order chi connectivity index (χ0) is 21.9. The molecular weight excluding hydrogens is 397 g/mol. The fraction of sp³-hybridized carbons (Fsp3) is 0.286. The number of amides is 2. The van der Waals surface area contributed by atoms with Gasteiger partial charge in [-0.3, -0.25) is 14.0 Å². The molecule has 0 aliphatic heterocycles. The number of nitrogens with one attached hydrogen (secondary N) is 2. The van der Waals surface area contributed by atoms with Gasteiger partial charge in [-0.05, 0) is 44.0 Å². The molecule has 6 nitrogen and oxygen atoms in total. The second kappa shape index (κ2) is 8.56. The average Bonchev–Trinajstić information content (AvgIpc) is 3.02. The first-order valence-corrected chi connectivity index (χ1v) is 9.37. The Morgan fingerprint density at radius 2 is 1.83 bits per heavy atom. The number of pyridine rings is 1. The molecule has 0 aliphatic rings. The number of fused-ring (bicyclic) bond motifs is 1. The summed E-state index contributed by atoms with van der Waals surface area (Å²) in [7, 11) is 0. The molecule has 0 radical (unpaired) electrons. The van der Waals surface area contributed by atoms with Crippen LogP contribution in [0.25, 0.3) is 5.65 Å². The Hall–Kier alpha value is -3.36. The number of hydrogen-bond acceptors (Lipinski definition) is 3. The minimum absolute atomic E-state index is 0.0300. The molecule has 3 aromatic rings. The van der Waals surface area contributed by atoms with E-state index in [0.717, 1.165) is 11.6 Å². The molecule has 0 fully saturated rings. The maximum absolute atomic E-state index is 13.0. The van der Waals surface area contributed by atoms with Crippen LogP contribution in [0.4, 0.5) is 18.9 Å². The number of aromatic nitrogens is 2. The summed E-state index contributed by atoms with van der Waals surface area (Å²) in [6.07, 6.45) is -2.55. The molecule has 0 saturated heterocycles. The van der Waals surface area contributed by atoms with Gasteiger partial charge in [0, 0.05) is 19.2 Å². The van der Waals surface area contributed by atoms with Crippen molar-refractivity contribution >= 4 is 23.1 Å². The lowest BCUT2D eigenvalue weighted by molar-refractivity contribution is -0.137. The Kier molecular flexibility index (Phi) is 6.09. The van der Waals surface area contributed by atoms with E-state index in [4.69, 9.17) is 0 Å². The summed E-state index contributed by atoms with van der Waals surface area (Å²) >= 11 is 0. The number of alkyl halides is 3. The molecule has 0 aliphatic carbocycles. The molecule has 1 aromatic carbocycles. The second-order valence-corrected chi connectivity index (χ2v) is 6.88. The molecule has 0 saturated carbocycles. The molecule has 0 bridgehead atoms. The van der Waals surface area contributed by atoms with Crippen LogP contribution in [0.5, 0.6) is 0 Å². The summed E-state index contributed by atoms with van der Waals surface area (Å²) in [5, 5.41) is 5.02. The van der Waals surface area contributed by atoms with Gasteiger partial charge >= 0.3 is 6.18 Å². The molecule has 30 heavy (non-hydrogen) atoms. The van der Waals surface area contributed by atoms with Crippen LogP contribution in [-0.2, 0) is 11.0 Å². The largest absolute Gasteiger partial charge is 0.418 e. The minimum atomic E-state index is -4.55. The number of carbonyl (C=O) groups excluding carboxylic acids is 2. The third kappa shape index (κ3) is 4.61. The van der Waals surface area contributed by atoms with Crippen LogP contribution in [0.1, 0.15) is 40.2 Å². The highest BCUT2D eigenvalue weighted by molar-refractivity contribution is 5.95. The Morgan fingerprint density at radius 1 is 1.10 bits per heavy atom. The predicted molar refractivity (Wildman–Crippen MR) is 106 cm³/mol. The summed E-state index contributed by atoms with van der Waals surface area (Å²) in [5.41, 5.74) is 1.46. The first-order valence-electron chi connectivity index (χ1n) is 9.37. The number of para-hydroxylation sites is 1. The number of hydrogen-bond donors (Lipinski definition) is 2. The number of nitrogens with zero attached hydrogens (tertiary/aromatic N) is 2. The Bertz CT molecular complexity index is 1090. The molecule has 9 heteroatoms. The van der Waals surface area contributed by atoms with Gasteiger partial charge in [0.05, 0.1) is 16.9 Å². The first kappa shape index (κ1) is 21.4. The van der Waals surface area contributed by atoms with Crippen molar-refractivity contribution in [1.29, 1.82) is 0 Å². The van der Waals surface area contributed by atoms with Crippen molar-refractivity contribution in [3.05, 3.63) is 65.1 Å². The molecule has 2 N–H and O–H groups in total. The monoisotopic (exact) mass is 418 g/mol. The van der Waals surface area contributed by atoms with Crippen molar-refractivity contribution in [3.8, 4) is 0 Å². The van der Waals surface area contributed by atoms with E-state index in [1.54, 1.807) is 17.5 Å². The number of imidazole rings is 1. The normalized spacial score (nSPS) is 11.5. The van der Waals surface area contributed by atoms with E-state index in [1.165, 1.54) is 18.2 Å². The summed E-state index contributed by atoms with van der Waals surface area (Å²) < 4.78 is 40.7. The fourth-order valence-electron chi connectivity index (χ4n) is 3.18. The van der Waals surface area contributed by atoms with Gasteiger partial charge < -0.3 is 10.6 Å². The summed E-state index contributed by atoms with van der Waals surface area (Å²) in [5.74, 6) is -0.879. The number of carbonyl (C=O) groups is 2. The molecule has 158 valence electrons. The van der Waals surface area contributed by atoms with Gasteiger partial charge in [-0.1, -0.05) is 18.2 Å². The van der Waals surface area contributed by atoms with Crippen LogP contribution >= 0.6 is 0 Å². The molecular formula is C21H21F3N4O2. The third-order valence-electron chi connectivity index (χ3n) is 4.61. The van der Waals surface area contributed by atoms with Crippen molar-refractivity contribution in [2.75, 3.05) is 11.9 Å². The lowest BCUT2D eigenvalue weighted by Gasteiger charge is -2.13. The van der Waals surface area contributed by atoms with E-state index in [0.29, 0.717) is 17.0 Å². The van der Waals surface area contributed by atoms with Crippen molar-refractivity contribution in [2.24, 2.45) is 0 Å². The van der Waals surface area contributed by atoms with Crippen molar-refractivity contribution in [2.45, 2.75) is 32.9 Å². The zero-order valence-corrected chi connectivity index (χ0v) is 16.5. The van der Waals surface area contributed by atoms with E-state index in [2.05, 4.69) is 15.6 Å². The Labute approximate surface area is 171 Å². The van der Waals surface area contributed by atoms with E-state index in [-0.39, 0.29) is 31.0 Å². The van der Waals surface area contributed by atoms with Gasteiger partial charge in [0.15, 0.2) is 0 Å². The fourth-order valence-corrected chi connectivity index (χ4v) is 3.18. The maximum Gasteiger partial charge on any atom is 0.418 e. The highest BCUT2D eigenvalue weighted by Crippen LogP contribution is 2.34. The van der Waals surface area contributed by atoms with Crippen LogP contribution < -0.4 is 10.6 Å². The maximum atomic E-state index is 13.0. The average molecular weight is 418 g/mol. The van der Waals surface area contributed by atoms with Crippen LogP contribution in [-0.4, -0.2) is 27.7 Å². The molecule has 2 amide bonds. The van der Waals surface area contributed by atoms with Gasteiger partial charge in [-0.15, -0.1) is 0 Å². The van der Waals surface area contributed by atoms with Crippen molar-refractivity contribution in [1.82, 2.24) is 14.7 Å². The second-order valence-electron chi connectivity index (χ2n) is 6.88. The Morgan fingerprint density at radius 3 is 2.57 bits per heavy atom. The standard InChI is InChI=1S/C21H21F3N4O2/c1-13-7-6-12-28-18(14(2)26-19(13)28)20(30)25-11-5-10-17(29)27-16-9-4-3-8-15(16)21(22,23)24/h3-4,6-9,12H,5,10-11H2,1-2H3,(H,25,30)(H,27,29). The Balaban J connectivity index is 1.55. The molecule has 3 rings (SSSR count). The summed E-state index contributed by atoms with van der Waals surface area (Å²) in [6.45, 7) is 3.84. The quantitative estimate of drug-likeness (QED) is 0.592. The van der Waals surface area contributed by atoms with Crippen LogP contribution in [0.2, 0.25) is 0 Å². The zero-order valence-electron chi connectivity index (χ0n) is 16.5. The van der Waals surface area contributed by atoms with Crippen molar-refractivity contribution in [3.63, 3.8) is 0 Å². The number of anilines is 1. The lowest BCUT2D eigenvalue weighted by atomic mass is 10.1. The smallest absolute Gasteiger partial charge is 0.351 e. The van der Waals surface area contributed by atoms with Gasteiger partial charge in [-0.25, -0.2) is 4.98 Å². The number of benzene rings is 1. The van der Waals surface area contributed by atoms with E-state index in [9.17, 15) is 22.8 Å². The molecule has 2 aromatic heterocycles. The SMILES string of the molecule is Cc1nc2c(C)cccn2c1C(=O)NCCCC(=O)Nc1ccccc1C(F)(F)F. The predicted octanol–water partition coefficient (Wildman–Crippen LogP) is 4.12. The van der Waals surface area contributed by atoms with E-state index in [1.807, 2.05) is 19.1 Å². The van der Waals surface area contributed by atoms with E-state index >= 15 is 0 Å². The number of aryl methyl sites for hydroxylation is 2. The highest BCUT2D eigenvalue weighted by Gasteiger charge is 2.33. The van der Waals surface area contributed by atoms with Crippen LogP contribution in [0, 0.1) is 13.8 Å². The summed E-state index contributed by atoms with van der Waals surface area (Å²) in [4.78, 5) is 29.0. The summed E-state index contributed by atoms with van der Waals surface area (Å²) in [6, 6.07) is 8.53. The minimum Gasteiger partial charge on any atom is -0.351 e. The van der Waals surface area contributed by atoms with Crippen LogP contribution in [0.3, 0.4) is 0 Å². The van der Waals surface area contributed by atoms with Gasteiger partial charge in [-0.2, -0.15) is 13.2 Å². The highest BCUT2D eigenvalue weighted by atomic mass is 19.4. The number of rotatable bonds is 6. The lowest BCUT2D eigenvalue weighted by Crippen LogP contribution is -2.27. The topological polar surface area (TPSA) is 75.5 Å².